The second-order valence-electron chi connectivity index (χ2n) is 9.33. The van der Waals surface area contributed by atoms with E-state index < -0.39 is 23.6 Å². The molecule has 1 aliphatic heterocycles. The van der Waals surface area contributed by atoms with Crippen LogP contribution in [0.1, 0.15) is 37.4 Å². The van der Waals surface area contributed by atoms with E-state index >= 15 is 4.39 Å². The summed E-state index contributed by atoms with van der Waals surface area (Å²) < 4.78 is 35.2. The Labute approximate surface area is 206 Å². The molecule has 2 atom stereocenters. The predicted octanol–water partition coefficient (Wildman–Crippen LogP) is 4.94. The lowest BCUT2D eigenvalue weighted by atomic mass is 10.0. The molecule has 36 heavy (non-hydrogen) atoms. The summed E-state index contributed by atoms with van der Waals surface area (Å²) in [6, 6.07) is 13.9. The van der Waals surface area contributed by atoms with Crippen molar-refractivity contribution in [1.29, 1.82) is 0 Å². The molecule has 1 aliphatic rings. The van der Waals surface area contributed by atoms with E-state index in [4.69, 9.17) is 4.42 Å². The second kappa shape index (κ2) is 9.71. The van der Waals surface area contributed by atoms with Crippen LogP contribution in [0.4, 0.5) is 20.3 Å². The predicted molar refractivity (Wildman–Crippen MR) is 132 cm³/mol. The van der Waals surface area contributed by atoms with Gasteiger partial charge in [-0.15, -0.1) is 0 Å². The van der Waals surface area contributed by atoms with Crippen molar-refractivity contribution in [2.24, 2.45) is 5.92 Å². The van der Waals surface area contributed by atoms with Gasteiger partial charge < -0.3 is 4.42 Å². The first-order valence-electron chi connectivity index (χ1n) is 11.8. The Bertz CT molecular complexity index is 1450. The molecule has 188 valence electrons. The third-order valence-corrected chi connectivity index (χ3v) is 6.58. The first-order chi connectivity index (χ1) is 17.3. The Hall–Kier alpha value is -3.76. The molecule has 8 nitrogen and oxygen atoms in total. The van der Waals surface area contributed by atoms with Crippen LogP contribution < -0.4 is 16.4 Å². The smallest absolute Gasteiger partial charge is 0.408 e. The van der Waals surface area contributed by atoms with E-state index in [1.165, 1.54) is 29.2 Å². The minimum absolute atomic E-state index is 0.0343. The highest BCUT2D eigenvalue weighted by molar-refractivity contribution is 5.78. The van der Waals surface area contributed by atoms with Gasteiger partial charge >= 0.3 is 5.76 Å². The largest absolute Gasteiger partial charge is 0.420 e. The summed E-state index contributed by atoms with van der Waals surface area (Å²) >= 11 is 0. The van der Waals surface area contributed by atoms with Crippen LogP contribution in [0.25, 0.3) is 11.1 Å². The lowest BCUT2D eigenvalue weighted by molar-refractivity contribution is 0.273. The van der Waals surface area contributed by atoms with E-state index in [2.05, 4.69) is 34.4 Å². The zero-order valence-electron chi connectivity index (χ0n) is 20.0. The van der Waals surface area contributed by atoms with Gasteiger partial charge in [0, 0.05) is 25.2 Å². The molecular formula is C26H27F2N5O3. The highest BCUT2D eigenvalue weighted by Crippen LogP contribution is 2.29. The normalized spacial score (nSPS) is 17.0. The Morgan fingerprint density at radius 2 is 2.03 bits per heavy atom. The zero-order valence-corrected chi connectivity index (χ0v) is 20.0. The second-order valence-corrected chi connectivity index (χ2v) is 9.33. The van der Waals surface area contributed by atoms with Crippen molar-refractivity contribution in [1.82, 2.24) is 14.5 Å². The van der Waals surface area contributed by atoms with Crippen LogP contribution in [-0.2, 0) is 6.54 Å². The Morgan fingerprint density at radius 3 is 2.78 bits per heavy atom. The van der Waals surface area contributed by atoms with E-state index in [0.717, 1.165) is 42.9 Å². The van der Waals surface area contributed by atoms with Gasteiger partial charge in [0.2, 0.25) is 5.95 Å². The fourth-order valence-corrected chi connectivity index (χ4v) is 4.74. The van der Waals surface area contributed by atoms with Crippen molar-refractivity contribution in [2.75, 3.05) is 23.7 Å². The summed E-state index contributed by atoms with van der Waals surface area (Å²) in [5, 5.41) is 10.7. The van der Waals surface area contributed by atoms with E-state index in [9.17, 15) is 14.4 Å². The quantitative estimate of drug-likeness (QED) is 0.277. The van der Waals surface area contributed by atoms with E-state index in [0.29, 0.717) is 11.1 Å². The van der Waals surface area contributed by atoms with Crippen molar-refractivity contribution in [3.05, 3.63) is 88.0 Å². The van der Waals surface area contributed by atoms with Crippen LogP contribution in [0.15, 0.2) is 63.8 Å². The average molecular weight is 496 g/mol. The third-order valence-electron chi connectivity index (χ3n) is 6.58. The van der Waals surface area contributed by atoms with Crippen LogP contribution >= 0.6 is 0 Å². The fourth-order valence-electron chi connectivity index (χ4n) is 4.74. The SMILES string of the molecule is CC1CCN(Cc2cccc([C@@H](C)n3c(=O)oc4cc(N(O)Nc5cccc(F)n5)c(F)cc43)c2)C1. The van der Waals surface area contributed by atoms with Gasteiger partial charge in [-0.3, -0.25) is 20.1 Å². The molecule has 2 N–H and O–H groups in total. The number of benzene rings is 2. The number of nitrogens with zero attached hydrogens (tertiary/aromatic N) is 4. The molecule has 0 saturated carbocycles. The number of oxazole rings is 1. The standard InChI is InChI=1S/C26H27F2N5O3/c1-16-9-10-31(14-16)15-18-5-3-6-19(11-18)17(2)32-22-12-20(27)21(13-23(22)36-26(32)34)33(35)30-25-8-4-7-24(28)29-25/h3-8,11-13,16-17,35H,9-10,14-15H2,1-2H3,(H,29,30)/t16?,17-/m1/s1. The minimum atomic E-state index is -0.812. The Balaban J connectivity index is 1.42. The molecular weight excluding hydrogens is 468 g/mol. The molecule has 0 radical (unpaired) electrons. The van der Waals surface area contributed by atoms with Crippen molar-refractivity contribution in [3.8, 4) is 0 Å². The van der Waals surface area contributed by atoms with Crippen molar-refractivity contribution >= 4 is 22.6 Å². The van der Waals surface area contributed by atoms with Gasteiger partial charge in [-0.05, 0) is 49.1 Å². The molecule has 1 saturated heterocycles. The maximum atomic E-state index is 15.0. The lowest BCUT2D eigenvalue weighted by Crippen LogP contribution is -2.27. The maximum Gasteiger partial charge on any atom is 0.420 e. The van der Waals surface area contributed by atoms with Gasteiger partial charge in [-0.1, -0.05) is 37.3 Å². The summed E-state index contributed by atoms with van der Waals surface area (Å²) in [6.07, 6.45) is 1.19. The van der Waals surface area contributed by atoms with Gasteiger partial charge in [-0.25, -0.2) is 14.2 Å². The van der Waals surface area contributed by atoms with Crippen molar-refractivity contribution in [2.45, 2.75) is 32.9 Å². The lowest BCUT2D eigenvalue weighted by Gasteiger charge is -2.19. The minimum Gasteiger partial charge on any atom is -0.408 e. The van der Waals surface area contributed by atoms with Crippen LogP contribution in [0, 0.1) is 17.7 Å². The first-order valence-corrected chi connectivity index (χ1v) is 11.8. The van der Waals surface area contributed by atoms with Gasteiger partial charge in [0.25, 0.3) is 0 Å². The monoisotopic (exact) mass is 495 g/mol. The summed E-state index contributed by atoms with van der Waals surface area (Å²) in [4.78, 5) is 18.8. The molecule has 10 heteroatoms. The number of nitrogens with one attached hydrogen (secondary N) is 1. The molecule has 2 aromatic heterocycles. The number of likely N-dealkylation sites (tertiary alicyclic amines) is 1. The molecule has 3 heterocycles. The number of fused-ring (bicyclic) bond motifs is 1. The number of hydrogen-bond donors (Lipinski definition) is 2. The van der Waals surface area contributed by atoms with Gasteiger partial charge in [-0.2, -0.15) is 9.56 Å². The van der Waals surface area contributed by atoms with Crippen molar-refractivity contribution in [3.63, 3.8) is 0 Å². The number of hydrogen-bond acceptors (Lipinski definition) is 7. The molecule has 2 aromatic carbocycles. The maximum absolute atomic E-state index is 15.0. The number of rotatable bonds is 7. The fraction of sp³-hybridized carbons (Fsp3) is 0.308. The summed E-state index contributed by atoms with van der Waals surface area (Å²) in [7, 11) is 0. The zero-order chi connectivity index (χ0) is 25.4. The third kappa shape index (κ3) is 4.82. The van der Waals surface area contributed by atoms with Crippen LogP contribution in [0.5, 0.6) is 0 Å². The summed E-state index contributed by atoms with van der Waals surface area (Å²) in [5.41, 5.74) is 4.46. The van der Waals surface area contributed by atoms with Crippen LogP contribution in [0.3, 0.4) is 0 Å². The number of pyridine rings is 1. The molecule has 4 aromatic rings. The highest BCUT2D eigenvalue weighted by Gasteiger charge is 2.22. The van der Waals surface area contributed by atoms with E-state index in [1.807, 2.05) is 19.1 Å². The van der Waals surface area contributed by atoms with Gasteiger partial charge in [0.15, 0.2) is 11.4 Å². The number of aromatic nitrogens is 2. The van der Waals surface area contributed by atoms with Crippen LogP contribution in [0.2, 0.25) is 0 Å². The average Bonchev–Trinajstić information content (AvgIpc) is 3.39. The number of hydrazine groups is 1. The number of anilines is 2. The molecule has 1 fully saturated rings. The van der Waals surface area contributed by atoms with Crippen LogP contribution in [-0.4, -0.2) is 32.7 Å². The van der Waals surface area contributed by atoms with E-state index in [1.54, 1.807) is 0 Å². The summed E-state index contributed by atoms with van der Waals surface area (Å²) in [5.74, 6) is -1.56. The van der Waals surface area contributed by atoms with E-state index in [-0.39, 0.29) is 22.6 Å². The molecule has 0 bridgehead atoms. The topological polar surface area (TPSA) is 86.8 Å². The molecule has 5 rings (SSSR count). The van der Waals surface area contributed by atoms with Gasteiger partial charge in [0.1, 0.15) is 11.5 Å². The highest BCUT2D eigenvalue weighted by atomic mass is 19.1. The first kappa shape index (κ1) is 24.0. The van der Waals surface area contributed by atoms with Gasteiger partial charge in [0.05, 0.1) is 11.6 Å². The number of halogens is 2. The Kier molecular flexibility index (Phi) is 6.46. The molecule has 0 amide bonds. The molecule has 1 unspecified atom stereocenters. The Morgan fingerprint density at radius 1 is 1.22 bits per heavy atom. The summed E-state index contributed by atoms with van der Waals surface area (Å²) in [6.45, 7) is 7.09. The van der Waals surface area contributed by atoms with Crippen molar-refractivity contribution < 1.29 is 18.4 Å². The molecule has 0 aliphatic carbocycles. The molecule has 0 spiro atoms.